The van der Waals surface area contributed by atoms with E-state index in [1.54, 1.807) is 0 Å². The maximum atomic E-state index is 11.5. The molecule has 0 rings (SSSR count). The fraction of sp³-hybridized carbons (Fsp3) is 0.731. The van der Waals surface area contributed by atoms with Gasteiger partial charge in [0.2, 0.25) is 0 Å². The zero-order valence-corrected chi connectivity index (χ0v) is 24.0. The van der Waals surface area contributed by atoms with Crippen LogP contribution in [0, 0.1) is 24.2 Å². The minimum absolute atomic E-state index is 0.125. The number of allylic oxidation sites excluding steroid dienone is 4. The highest BCUT2D eigenvalue weighted by molar-refractivity contribution is 6.73. The average Bonchev–Trinajstić information content (AvgIpc) is 2.62. The molecule has 0 bridgehead atoms. The largest absolute Gasteiger partial charge is 0.469 e. The normalized spacial score (nSPS) is 15.7. The second-order valence-corrected chi connectivity index (χ2v) is 20.4. The number of ether oxygens (including phenoxy) is 1. The van der Waals surface area contributed by atoms with Crippen molar-refractivity contribution in [2.75, 3.05) is 7.11 Å². The summed E-state index contributed by atoms with van der Waals surface area (Å²) in [5.74, 6) is 3.08. The summed E-state index contributed by atoms with van der Waals surface area (Å²) in [6.07, 6.45) is 18.5. The van der Waals surface area contributed by atoms with Crippen LogP contribution in [0.2, 0.25) is 36.3 Å². The Hall–Kier alpha value is -1.14. The molecule has 0 saturated carbocycles. The Morgan fingerprint density at radius 3 is 1.81 bits per heavy atom. The Bertz CT molecular complexity index is 673. The molecule has 2 atom stereocenters. The van der Waals surface area contributed by atoms with Gasteiger partial charge in [0.05, 0.1) is 7.11 Å². The average molecular weight is 481 g/mol. The van der Waals surface area contributed by atoms with E-state index in [2.05, 4.69) is 57.9 Å². The van der Waals surface area contributed by atoms with Crippen molar-refractivity contribution in [2.24, 2.45) is 11.8 Å². The van der Waals surface area contributed by atoms with Crippen molar-refractivity contribution in [3.63, 3.8) is 0 Å². The molecule has 0 unspecified atom stereocenters. The molecule has 0 aromatic rings. The Morgan fingerprint density at radius 2 is 1.41 bits per heavy atom. The maximum absolute atomic E-state index is 11.5. The summed E-state index contributed by atoms with van der Waals surface area (Å²) >= 11 is 0. The lowest BCUT2D eigenvalue weighted by molar-refractivity contribution is -0.140. The van der Waals surface area contributed by atoms with Crippen LogP contribution in [0.25, 0.3) is 0 Å². The number of hydrogen-bond acceptors (Lipinski definition) is 4. The summed E-state index contributed by atoms with van der Waals surface area (Å²) in [6.45, 7) is 16.5. The molecular formula is C26H48O4Si2. The summed E-state index contributed by atoms with van der Waals surface area (Å²) in [6, 6.07) is 0. The van der Waals surface area contributed by atoms with Crippen LogP contribution >= 0.6 is 0 Å². The number of methoxy groups -OCH3 is 1. The van der Waals surface area contributed by atoms with E-state index in [1.807, 2.05) is 26.2 Å². The van der Waals surface area contributed by atoms with Crippen LogP contribution < -0.4 is 0 Å². The monoisotopic (exact) mass is 480 g/mol. The number of terminal acetylenes is 1. The van der Waals surface area contributed by atoms with E-state index in [4.69, 9.17) is 11.2 Å². The fourth-order valence-corrected chi connectivity index (χ4v) is 5.01. The number of carbonyl (C=O) groups excluding carboxylic acids is 1. The minimum atomic E-state index is -2.32. The van der Waals surface area contributed by atoms with E-state index < -0.39 is 16.6 Å². The van der Waals surface area contributed by atoms with Crippen LogP contribution in [0.1, 0.15) is 66.2 Å². The molecule has 2 N–H and O–H groups in total. The number of rotatable bonds is 14. The topological polar surface area (TPSA) is 66.8 Å². The Balaban J connectivity index is 5.36. The van der Waals surface area contributed by atoms with Gasteiger partial charge in [0.1, 0.15) is 0 Å². The lowest BCUT2D eigenvalue weighted by Crippen LogP contribution is -2.40. The summed E-state index contributed by atoms with van der Waals surface area (Å²) in [4.78, 5) is 32.8. The standard InChI is InChI=1S/C26H48O4Si2/c1-11-15-22(20-25(2,3)31(7,8)28)16-12-13-17-23(18-14-19-24(27)30-6)21-26(4,5)32(9,10)29/h1,12-13,16-17,22-23,28-29H,14-15,18-21H2,2-10H3/b16-12+,17-13+/t22-,23-/m1/s1. The van der Waals surface area contributed by atoms with E-state index >= 15 is 0 Å². The van der Waals surface area contributed by atoms with Crippen molar-refractivity contribution in [3.8, 4) is 12.3 Å². The molecule has 0 aromatic carbocycles. The zero-order valence-electron chi connectivity index (χ0n) is 22.0. The SMILES string of the molecule is C#CC[C@H](/C=C/C=C/[C@H](CCCC(=O)OC)CC(C)(C)[Si](C)(C)O)CC(C)(C)[Si](C)(C)O. The van der Waals surface area contributed by atoms with Gasteiger partial charge in [0.15, 0.2) is 16.6 Å². The first-order valence-corrected chi connectivity index (χ1v) is 17.7. The second kappa shape index (κ2) is 12.9. The molecule has 0 aliphatic heterocycles. The first-order chi connectivity index (χ1) is 14.5. The molecule has 0 aliphatic rings. The van der Waals surface area contributed by atoms with Gasteiger partial charge in [-0.05, 0) is 73.8 Å². The Morgan fingerprint density at radius 1 is 0.969 bits per heavy atom. The van der Waals surface area contributed by atoms with Crippen LogP contribution in [0.4, 0.5) is 0 Å². The third-order valence-electron chi connectivity index (χ3n) is 7.30. The first kappa shape index (κ1) is 30.9. The number of hydrogen-bond donors (Lipinski definition) is 2. The summed E-state index contributed by atoms with van der Waals surface area (Å²) in [5, 5.41) is -0.259. The predicted octanol–water partition coefficient (Wildman–Crippen LogP) is 6.43. The van der Waals surface area contributed by atoms with E-state index in [0.29, 0.717) is 12.8 Å². The van der Waals surface area contributed by atoms with Crippen molar-refractivity contribution >= 4 is 22.6 Å². The second-order valence-electron chi connectivity index (χ2n) is 11.5. The van der Waals surface area contributed by atoms with E-state index in [9.17, 15) is 14.4 Å². The van der Waals surface area contributed by atoms with Crippen LogP contribution in [-0.2, 0) is 9.53 Å². The van der Waals surface area contributed by atoms with Gasteiger partial charge in [-0.15, -0.1) is 12.3 Å². The van der Waals surface area contributed by atoms with Gasteiger partial charge in [-0.3, -0.25) is 4.79 Å². The highest BCUT2D eigenvalue weighted by atomic mass is 28.4. The highest BCUT2D eigenvalue weighted by Gasteiger charge is 2.40. The number of carbonyl (C=O) groups is 1. The van der Waals surface area contributed by atoms with Crippen LogP contribution in [0.5, 0.6) is 0 Å². The quantitative estimate of drug-likeness (QED) is 0.130. The zero-order chi connectivity index (χ0) is 25.2. The third-order valence-corrected chi connectivity index (χ3v) is 14.3. The summed E-state index contributed by atoms with van der Waals surface area (Å²) in [5.41, 5.74) is 0. The molecule has 0 aromatic heterocycles. The van der Waals surface area contributed by atoms with Crippen molar-refractivity contribution in [1.82, 2.24) is 0 Å². The summed E-state index contributed by atoms with van der Waals surface area (Å²) < 4.78 is 4.77. The van der Waals surface area contributed by atoms with Gasteiger partial charge in [-0.2, -0.15) is 0 Å². The van der Waals surface area contributed by atoms with Gasteiger partial charge >= 0.3 is 5.97 Å². The molecule has 0 saturated heterocycles. The van der Waals surface area contributed by atoms with E-state index in [-0.39, 0.29) is 27.9 Å². The molecule has 0 spiro atoms. The van der Waals surface area contributed by atoms with E-state index in [0.717, 1.165) is 25.7 Å². The third kappa shape index (κ3) is 11.1. The lowest BCUT2D eigenvalue weighted by Gasteiger charge is -2.37. The lowest BCUT2D eigenvalue weighted by atomic mass is 9.90. The van der Waals surface area contributed by atoms with Crippen molar-refractivity contribution in [2.45, 2.75) is 102 Å². The molecule has 0 amide bonds. The first-order valence-electron chi connectivity index (χ1n) is 11.8. The minimum Gasteiger partial charge on any atom is -0.469 e. The number of esters is 1. The van der Waals surface area contributed by atoms with Crippen LogP contribution in [0.3, 0.4) is 0 Å². The molecular weight excluding hydrogens is 432 g/mol. The van der Waals surface area contributed by atoms with Gasteiger partial charge in [-0.25, -0.2) is 0 Å². The van der Waals surface area contributed by atoms with Gasteiger partial charge in [0.25, 0.3) is 0 Å². The van der Waals surface area contributed by atoms with Crippen molar-refractivity contribution in [3.05, 3.63) is 24.3 Å². The molecule has 184 valence electrons. The predicted molar refractivity (Wildman–Crippen MR) is 141 cm³/mol. The van der Waals surface area contributed by atoms with Crippen molar-refractivity contribution in [1.29, 1.82) is 0 Å². The van der Waals surface area contributed by atoms with Gasteiger partial charge in [-0.1, -0.05) is 52.0 Å². The fourth-order valence-electron chi connectivity index (χ4n) is 3.49. The molecule has 6 heteroatoms. The molecule has 0 radical (unpaired) electrons. The highest BCUT2D eigenvalue weighted by Crippen LogP contribution is 2.43. The molecule has 0 heterocycles. The summed E-state index contributed by atoms with van der Waals surface area (Å²) in [7, 11) is -3.20. The molecule has 32 heavy (non-hydrogen) atoms. The Kier molecular flexibility index (Phi) is 12.5. The van der Waals surface area contributed by atoms with Crippen molar-refractivity contribution < 1.29 is 19.1 Å². The van der Waals surface area contributed by atoms with Gasteiger partial charge < -0.3 is 14.3 Å². The maximum Gasteiger partial charge on any atom is 0.305 e. The van der Waals surface area contributed by atoms with E-state index in [1.165, 1.54) is 7.11 Å². The van der Waals surface area contributed by atoms with Crippen LogP contribution in [0.15, 0.2) is 24.3 Å². The van der Waals surface area contributed by atoms with Crippen LogP contribution in [-0.4, -0.2) is 39.3 Å². The molecule has 0 fully saturated rings. The molecule has 4 nitrogen and oxygen atoms in total. The smallest absolute Gasteiger partial charge is 0.305 e. The van der Waals surface area contributed by atoms with Gasteiger partial charge in [0, 0.05) is 12.8 Å². The Labute approximate surface area is 199 Å². The molecule has 0 aliphatic carbocycles.